The highest BCUT2D eigenvalue weighted by molar-refractivity contribution is 5.88. The summed E-state index contributed by atoms with van der Waals surface area (Å²) in [6, 6.07) is 19.2. The number of carbonyl (C=O) groups excluding carboxylic acids is 4. The highest BCUT2D eigenvalue weighted by Gasteiger charge is 2.39. The molecule has 3 aromatic carbocycles. The van der Waals surface area contributed by atoms with E-state index in [1.54, 1.807) is 4.90 Å². The number of nitrogens with zero attached hydrogens (tertiary/aromatic N) is 4. The number of alkyl carbamates (subject to hydrolysis) is 2. The van der Waals surface area contributed by atoms with E-state index in [9.17, 15) is 19.2 Å². The second-order valence-corrected chi connectivity index (χ2v) is 15.6. The van der Waals surface area contributed by atoms with Gasteiger partial charge in [0.15, 0.2) is 0 Å². The third kappa shape index (κ3) is 7.97. The lowest BCUT2D eigenvalue weighted by Gasteiger charge is -2.30. The molecule has 4 heterocycles. The maximum atomic E-state index is 13.9. The van der Waals surface area contributed by atoms with Crippen molar-refractivity contribution in [3.05, 3.63) is 106 Å². The van der Waals surface area contributed by atoms with Gasteiger partial charge in [0.05, 0.1) is 43.0 Å². The topological polar surface area (TPSA) is 175 Å². The van der Waals surface area contributed by atoms with Crippen molar-refractivity contribution in [1.82, 2.24) is 40.4 Å². The fourth-order valence-electron chi connectivity index (χ4n) is 8.55. The quantitative estimate of drug-likeness (QED) is 0.133. The predicted molar refractivity (Wildman–Crippen MR) is 220 cm³/mol. The van der Waals surface area contributed by atoms with Crippen molar-refractivity contribution in [2.75, 3.05) is 27.3 Å². The number of amides is 4. The lowest BCUT2D eigenvalue weighted by Crippen LogP contribution is -2.51. The second-order valence-electron chi connectivity index (χ2n) is 15.6. The lowest BCUT2D eigenvalue weighted by atomic mass is 9.91. The normalized spacial score (nSPS) is 18.1. The van der Waals surface area contributed by atoms with Crippen LogP contribution in [-0.2, 0) is 31.9 Å². The fraction of sp³-hybridized carbons (Fsp3) is 0.378. The molecule has 2 aromatic heterocycles. The number of fused-ring (bicyclic) bond motifs is 4. The number of ether oxygens (including phenoxy) is 2. The molecule has 0 bridgehead atoms. The van der Waals surface area contributed by atoms with E-state index < -0.39 is 24.3 Å². The summed E-state index contributed by atoms with van der Waals surface area (Å²) in [6.45, 7) is 4.96. The van der Waals surface area contributed by atoms with Gasteiger partial charge in [-0.25, -0.2) is 19.6 Å². The molecule has 0 spiro atoms. The third-order valence-corrected chi connectivity index (χ3v) is 11.6. The summed E-state index contributed by atoms with van der Waals surface area (Å²) in [5.74, 6) is 7.68. The number of hydrogen-bond acceptors (Lipinski definition) is 8. The Labute approximate surface area is 342 Å². The number of nitrogens with one attached hydrogen (secondary N) is 4. The molecule has 0 unspecified atom stereocenters. The Kier molecular flexibility index (Phi) is 11.1. The van der Waals surface area contributed by atoms with Crippen LogP contribution in [0.3, 0.4) is 0 Å². The zero-order chi connectivity index (χ0) is 41.2. The molecule has 4 N–H and O–H groups in total. The number of aromatic nitrogens is 4. The van der Waals surface area contributed by atoms with E-state index in [1.807, 2.05) is 73.3 Å². The number of methoxy groups -OCH3 is 2. The molecule has 14 nitrogen and oxygen atoms in total. The molecule has 0 saturated carbocycles. The van der Waals surface area contributed by atoms with Crippen LogP contribution >= 0.6 is 0 Å². The number of rotatable bonds is 8. The molecule has 0 radical (unpaired) electrons. The van der Waals surface area contributed by atoms with E-state index in [4.69, 9.17) is 19.4 Å². The van der Waals surface area contributed by atoms with Gasteiger partial charge >= 0.3 is 12.2 Å². The Morgan fingerprint density at radius 3 is 2.10 bits per heavy atom. The van der Waals surface area contributed by atoms with Gasteiger partial charge in [-0.1, -0.05) is 62.1 Å². The Morgan fingerprint density at radius 2 is 1.41 bits per heavy atom. The molecule has 4 amide bonds. The highest BCUT2D eigenvalue weighted by atomic mass is 16.5. The summed E-state index contributed by atoms with van der Waals surface area (Å²) < 4.78 is 9.62. The van der Waals surface area contributed by atoms with Gasteiger partial charge in [0.25, 0.3) is 5.91 Å². The number of aromatic amines is 2. The van der Waals surface area contributed by atoms with Gasteiger partial charge in [-0.15, -0.1) is 0 Å². The summed E-state index contributed by atoms with van der Waals surface area (Å²) in [5.41, 5.74) is 8.20. The summed E-state index contributed by atoms with van der Waals surface area (Å²) in [7, 11) is 2.57. The van der Waals surface area contributed by atoms with E-state index in [0.717, 1.165) is 83.5 Å². The summed E-state index contributed by atoms with van der Waals surface area (Å²) in [4.78, 5) is 72.5. The second kappa shape index (κ2) is 16.7. The van der Waals surface area contributed by atoms with E-state index in [-0.39, 0.29) is 29.8 Å². The van der Waals surface area contributed by atoms with Gasteiger partial charge in [0.2, 0.25) is 5.91 Å². The molecule has 8 rings (SSSR count). The van der Waals surface area contributed by atoms with Gasteiger partial charge in [-0.05, 0) is 85.9 Å². The minimum absolute atomic E-state index is 0.108. The Bertz CT molecular complexity index is 2460. The zero-order valence-corrected chi connectivity index (χ0v) is 33.6. The van der Waals surface area contributed by atoms with Crippen molar-refractivity contribution in [3.63, 3.8) is 0 Å². The van der Waals surface area contributed by atoms with Crippen LogP contribution < -0.4 is 10.6 Å². The largest absolute Gasteiger partial charge is 0.453 e. The Hall–Kier alpha value is -6.62. The van der Waals surface area contributed by atoms with Gasteiger partial charge < -0.3 is 39.9 Å². The number of carbonyl (C=O) groups is 4. The molecular weight excluding hydrogens is 749 g/mol. The fourth-order valence-corrected chi connectivity index (χ4v) is 8.55. The number of hydrogen-bond donors (Lipinski definition) is 4. The molecule has 2 fully saturated rings. The maximum Gasteiger partial charge on any atom is 0.407 e. The van der Waals surface area contributed by atoms with Crippen LogP contribution in [0.5, 0.6) is 0 Å². The van der Waals surface area contributed by atoms with E-state index in [2.05, 4.69) is 44.6 Å². The van der Waals surface area contributed by atoms with Crippen molar-refractivity contribution < 1.29 is 28.7 Å². The minimum Gasteiger partial charge on any atom is -0.453 e. The summed E-state index contributed by atoms with van der Waals surface area (Å²) >= 11 is 0. The molecular formula is C45H48N8O6. The van der Waals surface area contributed by atoms with Crippen LogP contribution in [-0.4, -0.2) is 87.1 Å². The van der Waals surface area contributed by atoms with Crippen LogP contribution in [0.4, 0.5) is 9.59 Å². The first-order valence-corrected chi connectivity index (χ1v) is 20.2. The number of aryl methyl sites for hydroxylation is 2. The molecule has 4 atom stereocenters. The van der Waals surface area contributed by atoms with Crippen LogP contribution in [0.2, 0.25) is 0 Å². The lowest BCUT2D eigenvalue weighted by molar-refractivity contribution is -0.135. The van der Waals surface area contributed by atoms with E-state index in [0.29, 0.717) is 24.5 Å². The SMILES string of the molecule is COC(=O)N[C@H](C(=O)N1CCC[C@H]1c1nc2ccc(C#Cc3ccc4c(c3)CCc3[nH]c([C@@H]5CCCN5C(=O)[C@@H](NC(=O)OC)C(C)C)nc3-4)cc2[nH]1)c1ccccc1. The third-order valence-electron chi connectivity index (χ3n) is 11.6. The Balaban J connectivity index is 0.976. The average molecular weight is 797 g/mol. The van der Waals surface area contributed by atoms with Gasteiger partial charge in [0.1, 0.15) is 23.7 Å². The van der Waals surface area contributed by atoms with Gasteiger partial charge in [0, 0.05) is 35.5 Å². The molecule has 14 heteroatoms. The van der Waals surface area contributed by atoms with Crippen LogP contribution in [0.25, 0.3) is 22.3 Å². The minimum atomic E-state index is -0.889. The molecule has 304 valence electrons. The molecule has 1 aliphatic carbocycles. The summed E-state index contributed by atoms with van der Waals surface area (Å²) in [5, 5.41) is 5.43. The van der Waals surface area contributed by atoms with Gasteiger partial charge in [-0.3, -0.25) is 9.59 Å². The standard InChI is InChI=1S/C45H48N8O6/c1-26(2)37(50-44(56)58-3)42(54)52-22-9-13-36(52)41-47-33-21-18-30-24-27(16-19-31(30)39(33)49-41)14-15-28-17-20-32-34(25-28)48-40(46-32)35-12-8-23-53(35)43(55)38(51-45(57)59-4)29-10-6-5-7-11-29/h5-7,10-11,16-17,19-20,24-26,35-38H,8-9,12-13,18,21-23H2,1-4H3,(H,46,48)(H,47,49)(H,50,56)(H,51,57)/t35-,36-,37-,38-/m0/s1. The average Bonchev–Trinajstić information content (AvgIpc) is 4.09. The first-order chi connectivity index (χ1) is 28.6. The number of imidazole rings is 2. The van der Waals surface area contributed by atoms with Crippen molar-refractivity contribution in [2.45, 2.75) is 76.5 Å². The maximum absolute atomic E-state index is 13.9. The number of likely N-dealkylation sites (tertiary alicyclic amines) is 2. The van der Waals surface area contributed by atoms with E-state index in [1.165, 1.54) is 19.8 Å². The highest BCUT2D eigenvalue weighted by Crippen LogP contribution is 2.38. The summed E-state index contributed by atoms with van der Waals surface area (Å²) in [6.07, 6.45) is 3.52. The Morgan fingerprint density at radius 1 is 0.763 bits per heavy atom. The first-order valence-electron chi connectivity index (χ1n) is 20.2. The van der Waals surface area contributed by atoms with Gasteiger partial charge in [-0.2, -0.15) is 0 Å². The molecule has 2 aliphatic heterocycles. The van der Waals surface area contributed by atoms with Crippen molar-refractivity contribution in [1.29, 1.82) is 0 Å². The van der Waals surface area contributed by atoms with E-state index >= 15 is 0 Å². The van der Waals surface area contributed by atoms with Crippen LogP contribution in [0.1, 0.15) is 97.3 Å². The van der Waals surface area contributed by atoms with Crippen LogP contribution in [0, 0.1) is 17.8 Å². The zero-order valence-electron chi connectivity index (χ0n) is 33.6. The molecule has 5 aromatic rings. The predicted octanol–water partition coefficient (Wildman–Crippen LogP) is 6.26. The number of H-pyrrole nitrogens is 2. The molecule has 2 saturated heterocycles. The smallest absolute Gasteiger partial charge is 0.407 e. The first kappa shape index (κ1) is 39.2. The van der Waals surface area contributed by atoms with Crippen LogP contribution in [0.15, 0.2) is 66.7 Å². The molecule has 59 heavy (non-hydrogen) atoms. The van der Waals surface area contributed by atoms with Crippen molar-refractivity contribution in [3.8, 4) is 23.1 Å². The van der Waals surface area contributed by atoms with Crippen molar-refractivity contribution >= 4 is 35.0 Å². The molecule has 3 aliphatic rings. The number of benzene rings is 3. The monoisotopic (exact) mass is 796 g/mol. The van der Waals surface area contributed by atoms with Crippen molar-refractivity contribution in [2.24, 2.45) is 5.92 Å².